The van der Waals surface area contributed by atoms with Gasteiger partial charge in [0, 0.05) is 17.6 Å². The van der Waals surface area contributed by atoms with Gasteiger partial charge in [0.25, 0.3) is 0 Å². The normalized spacial score (nSPS) is 13.3. The summed E-state index contributed by atoms with van der Waals surface area (Å²) in [6.07, 6.45) is 2.97. The molecular formula is C11H15N3. The minimum atomic E-state index is 0.350. The molecule has 0 radical (unpaired) electrons. The molecule has 74 valence electrons. The van der Waals surface area contributed by atoms with Gasteiger partial charge >= 0.3 is 0 Å². The smallest absolute Gasteiger partial charge is 0.137 e. The first kappa shape index (κ1) is 9.21. The molecule has 0 fully saturated rings. The molecular weight excluding hydrogens is 174 g/mol. The lowest BCUT2D eigenvalue weighted by atomic mass is 10.1. The van der Waals surface area contributed by atoms with Gasteiger partial charge in [-0.15, -0.1) is 0 Å². The number of aromatic nitrogens is 2. The zero-order valence-corrected chi connectivity index (χ0v) is 8.54. The molecule has 0 amide bonds. The first-order chi connectivity index (χ1) is 6.85. The molecule has 2 aromatic heterocycles. The van der Waals surface area contributed by atoms with Gasteiger partial charge < -0.3 is 10.3 Å². The van der Waals surface area contributed by atoms with Gasteiger partial charge in [0.15, 0.2) is 0 Å². The summed E-state index contributed by atoms with van der Waals surface area (Å²) in [4.78, 5) is 7.68. The van der Waals surface area contributed by atoms with Gasteiger partial charge in [-0.2, -0.15) is 0 Å². The third-order valence-electron chi connectivity index (χ3n) is 2.54. The van der Waals surface area contributed by atoms with E-state index in [-0.39, 0.29) is 0 Å². The molecule has 0 saturated heterocycles. The lowest BCUT2D eigenvalue weighted by Gasteiger charge is -2.12. The SMILES string of the molecule is CC[C@@H](NC)c1ccc2cc[nH]c2n1. The fourth-order valence-electron chi connectivity index (χ4n) is 1.70. The van der Waals surface area contributed by atoms with Crippen LogP contribution in [0, 0.1) is 0 Å². The second kappa shape index (κ2) is 3.80. The van der Waals surface area contributed by atoms with Crippen molar-refractivity contribution < 1.29 is 0 Å². The maximum atomic E-state index is 4.56. The van der Waals surface area contributed by atoms with Crippen LogP contribution in [0.3, 0.4) is 0 Å². The van der Waals surface area contributed by atoms with Crippen LogP contribution in [-0.2, 0) is 0 Å². The van der Waals surface area contributed by atoms with E-state index in [9.17, 15) is 0 Å². The third kappa shape index (κ3) is 1.51. The van der Waals surface area contributed by atoms with Crippen LogP contribution >= 0.6 is 0 Å². The van der Waals surface area contributed by atoms with E-state index >= 15 is 0 Å². The topological polar surface area (TPSA) is 40.7 Å². The summed E-state index contributed by atoms with van der Waals surface area (Å²) >= 11 is 0. The summed E-state index contributed by atoms with van der Waals surface area (Å²) in [5, 5.41) is 4.41. The van der Waals surface area contributed by atoms with Crippen molar-refractivity contribution in [2.75, 3.05) is 7.05 Å². The van der Waals surface area contributed by atoms with Gasteiger partial charge in [-0.1, -0.05) is 6.92 Å². The quantitative estimate of drug-likeness (QED) is 0.777. The number of hydrogen-bond donors (Lipinski definition) is 2. The van der Waals surface area contributed by atoms with Gasteiger partial charge in [0.2, 0.25) is 0 Å². The molecule has 0 aliphatic heterocycles. The van der Waals surface area contributed by atoms with Crippen molar-refractivity contribution in [2.24, 2.45) is 0 Å². The molecule has 2 aromatic rings. The Bertz CT molecular complexity index is 415. The van der Waals surface area contributed by atoms with E-state index in [1.807, 2.05) is 19.3 Å². The van der Waals surface area contributed by atoms with Crippen LogP contribution in [0.15, 0.2) is 24.4 Å². The maximum Gasteiger partial charge on any atom is 0.137 e. The van der Waals surface area contributed by atoms with Crippen molar-refractivity contribution >= 4 is 11.0 Å². The molecule has 0 aromatic carbocycles. The zero-order valence-electron chi connectivity index (χ0n) is 8.54. The summed E-state index contributed by atoms with van der Waals surface area (Å²) in [5.41, 5.74) is 2.07. The lowest BCUT2D eigenvalue weighted by Crippen LogP contribution is -2.16. The highest BCUT2D eigenvalue weighted by Gasteiger charge is 2.08. The van der Waals surface area contributed by atoms with Crippen LogP contribution in [0.1, 0.15) is 25.1 Å². The van der Waals surface area contributed by atoms with Gasteiger partial charge in [-0.25, -0.2) is 4.98 Å². The van der Waals surface area contributed by atoms with E-state index < -0.39 is 0 Å². The summed E-state index contributed by atoms with van der Waals surface area (Å²) in [6, 6.07) is 6.57. The summed E-state index contributed by atoms with van der Waals surface area (Å²) < 4.78 is 0. The van der Waals surface area contributed by atoms with Gasteiger partial charge in [0.05, 0.1) is 5.69 Å². The van der Waals surface area contributed by atoms with Crippen molar-refractivity contribution in [3.05, 3.63) is 30.1 Å². The van der Waals surface area contributed by atoms with Crippen LogP contribution in [0.4, 0.5) is 0 Å². The van der Waals surface area contributed by atoms with E-state index in [1.165, 1.54) is 5.39 Å². The molecule has 0 spiro atoms. The van der Waals surface area contributed by atoms with Crippen LogP contribution in [0.5, 0.6) is 0 Å². The molecule has 0 bridgehead atoms. The number of hydrogen-bond acceptors (Lipinski definition) is 2. The molecule has 0 unspecified atom stereocenters. The summed E-state index contributed by atoms with van der Waals surface area (Å²) in [7, 11) is 1.97. The minimum Gasteiger partial charge on any atom is -0.346 e. The fraction of sp³-hybridized carbons (Fsp3) is 0.364. The first-order valence-electron chi connectivity index (χ1n) is 4.96. The van der Waals surface area contributed by atoms with E-state index in [2.05, 4.69) is 34.3 Å². The first-order valence-corrected chi connectivity index (χ1v) is 4.96. The number of H-pyrrole nitrogens is 1. The average molecular weight is 189 g/mol. The number of fused-ring (bicyclic) bond motifs is 1. The lowest BCUT2D eigenvalue weighted by molar-refractivity contribution is 0.563. The van der Waals surface area contributed by atoms with E-state index in [1.54, 1.807) is 0 Å². The minimum absolute atomic E-state index is 0.350. The fourth-order valence-corrected chi connectivity index (χ4v) is 1.70. The van der Waals surface area contributed by atoms with Gasteiger partial charge in [-0.3, -0.25) is 0 Å². The van der Waals surface area contributed by atoms with Crippen LogP contribution in [-0.4, -0.2) is 17.0 Å². The Labute approximate surface area is 83.6 Å². The molecule has 1 atom stereocenters. The van der Waals surface area contributed by atoms with Crippen molar-refractivity contribution in [3.63, 3.8) is 0 Å². The monoisotopic (exact) mass is 189 g/mol. The molecule has 0 aliphatic carbocycles. The van der Waals surface area contributed by atoms with Crippen molar-refractivity contribution in [1.82, 2.24) is 15.3 Å². The summed E-state index contributed by atoms with van der Waals surface area (Å²) in [6.45, 7) is 2.15. The molecule has 0 saturated carbocycles. The highest BCUT2D eigenvalue weighted by atomic mass is 14.9. The zero-order chi connectivity index (χ0) is 9.97. The second-order valence-corrected chi connectivity index (χ2v) is 3.40. The maximum absolute atomic E-state index is 4.56. The molecule has 0 aliphatic rings. The Morgan fingerprint density at radius 2 is 2.29 bits per heavy atom. The second-order valence-electron chi connectivity index (χ2n) is 3.40. The molecule has 2 heterocycles. The Kier molecular flexibility index (Phi) is 2.50. The molecule has 2 N–H and O–H groups in total. The largest absolute Gasteiger partial charge is 0.346 e. The molecule has 3 heteroatoms. The standard InChI is InChI=1S/C11H15N3/c1-3-9(12-2)10-5-4-8-6-7-13-11(8)14-10/h4-7,9,12H,3H2,1-2H3,(H,13,14)/t9-/m1/s1. The predicted octanol–water partition coefficient (Wildman–Crippen LogP) is 2.23. The van der Waals surface area contributed by atoms with Crippen LogP contribution < -0.4 is 5.32 Å². The van der Waals surface area contributed by atoms with Crippen LogP contribution in [0.2, 0.25) is 0 Å². The number of nitrogens with zero attached hydrogens (tertiary/aromatic N) is 1. The Balaban J connectivity index is 2.42. The van der Waals surface area contributed by atoms with Gasteiger partial charge in [0.1, 0.15) is 5.65 Å². The predicted molar refractivity (Wildman–Crippen MR) is 58.2 cm³/mol. The summed E-state index contributed by atoms with van der Waals surface area (Å²) in [5.74, 6) is 0. The van der Waals surface area contributed by atoms with Crippen LogP contribution in [0.25, 0.3) is 11.0 Å². The van der Waals surface area contributed by atoms with Crippen molar-refractivity contribution in [2.45, 2.75) is 19.4 Å². The van der Waals surface area contributed by atoms with Crippen molar-refractivity contribution in [3.8, 4) is 0 Å². The van der Waals surface area contributed by atoms with E-state index in [4.69, 9.17) is 0 Å². The number of nitrogens with one attached hydrogen (secondary N) is 2. The molecule has 2 rings (SSSR count). The Morgan fingerprint density at radius 3 is 3.00 bits per heavy atom. The van der Waals surface area contributed by atoms with Gasteiger partial charge in [-0.05, 0) is 31.7 Å². The number of aromatic amines is 1. The Hall–Kier alpha value is -1.35. The molecule has 3 nitrogen and oxygen atoms in total. The molecule has 14 heavy (non-hydrogen) atoms. The highest BCUT2D eigenvalue weighted by molar-refractivity contribution is 5.75. The number of pyridine rings is 1. The average Bonchev–Trinajstić information content (AvgIpc) is 2.66. The van der Waals surface area contributed by atoms with E-state index in [0.29, 0.717) is 6.04 Å². The number of rotatable bonds is 3. The van der Waals surface area contributed by atoms with Crippen molar-refractivity contribution in [1.29, 1.82) is 0 Å². The van der Waals surface area contributed by atoms with E-state index in [0.717, 1.165) is 17.8 Å². The highest BCUT2D eigenvalue weighted by Crippen LogP contribution is 2.17. The Morgan fingerprint density at radius 1 is 1.43 bits per heavy atom. The third-order valence-corrected chi connectivity index (χ3v) is 2.54.